The number of hydrogen-bond acceptors (Lipinski definition) is 3. The summed E-state index contributed by atoms with van der Waals surface area (Å²) in [5.74, 6) is -6.24. The number of halogens is 3. The molecule has 1 saturated heterocycles. The van der Waals surface area contributed by atoms with Crippen molar-refractivity contribution in [3.05, 3.63) is 35.4 Å². The van der Waals surface area contributed by atoms with Gasteiger partial charge in [-0.2, -0.15) is 13.2 Å². The Labute approximate surface area is 154 Å². The van der Waals surface area contributed by atoms with Gasteiger partial charge in [0.05, 0.1) is 11.8 Å². The molecule has 1 heterocycles. The summed E-state index contributed by atoms with van der Waals surface area (Å²) in [5.41, 5.74) is 0.478. The van der Waals surface area contributed by atoms with Crippen molar-refractivity contribution >= 4 is 17.8 Å². The van der Waals surface area contributed by atoms with Gasteiger partial charge in [-0.1, -0.05) is 0 Å². The zero-order valence-electron chi connectivity index (χ0n) is 15.0. The van der Waals surface area contributed by atoms with Gasteiger partial charge in [0.15, 0.2) is 0 Å². The number of likely N-dealkylation sites (tertiary alicyclic amines) is 1. The molecule has 6 nitrogen and oxygen atoms in total. The fourth-order valence-electron chi connectivity index (χ4n) is 3.18. The van der Waals surface area contributed by atoms with E-state index in [1.165, 1.54) is 24.3 Å². The van der Waals surface area contributed by atoms with E-state index in [0.717, 1.165) is 4.90 Å². The quantitative estimate of drug-likeness (QED) is 0.844. The van der Waals surface area contributed by atoms with Crippen molar-refractivity contribution in [2.45, 2.75) is 20.0 Å². The third kappa shape index (κ3) is 4.40. The van der Waals surface area contributed by atoms with Gasteiger partial charge in [-0.25, -0.2) is 0 Å². The van der Waals surface area contributed by atoms with Gasteiger partial charge in [0.2, 0.25) is 0 Å². The first-order valence-electron chi connectivity index (χ1n) is 8.58. The number of amides is 2. The number of hydrogen-bond donors (Lipinski definition) is 1. The van der Waals surface area contributed by atoms with Gasteiger partial charge >= 0.3 is 12.1 Å². The van der Waals surface area contributed by atoms with Crippen molar-refractivity contribution in [2.24, 2.45) is 11.8 Å². The number of carbonyl (C=O) groups is 3. The molecule has 1 N–H and O–H groups in total. The van der Waals surface area contributed by atoms with Gasteiger partial charge in [-0.05, 0) is 38.1 Å². The molecule has 0 bridgehead atoms. The molecule has 2 amide bonds. The maximum absolute atomic E-state index is 13.1. The highest BCUT2D eigenvalue weighted by Crippen LogP contribution is 2.38. The van der Waals surface area contributed by atoms with Crippen molar-refractivity contribution in [1.82, 2.24) is 9.80 Å². The van der Waals surface area contributed by atoms with Crippen LogP contribution in [0.3, 0.4) is 0 Å². The molecule has 2 atom stereocenters. The largest absolute Gasteiger partial charge is 0.481 e. The topological polar surface area (TPSA) is 77.9 Å². The number of carbonyl (C=O) groups excluding carboxylic acids is 2. The number of benzene rings is 1. The van der Waals surface area contributed by atoms with E-state index < -0.39 is 43.0 Å². The van der Waals surface area contributed by atoms with Crippen molar-refractivity contribution in [2.75, 3.05) is 26.2 Å². The van der Waals surface area contributed by atoms with Crippen LogP contribution < -0.4 is 0 Å². The SMILES string of the molecule is CCN(CC)C(=O)c1ccc(C(=O)N2C[C@@H](C(F)(F)F)[C@H](C(=O)O)C2)cc1. The van der Waals surface area contributed by atoms with Gasteiger partial charge in [0, 0.05) is 37.3 Å². The molecule has 2 rings (SSSR count). The van der Waals surface area contributed by atoms with Crippen molar-refractivity contribution in [3.8, 4) is 0 Å². The summed E-state index contributed by atoms with van der Waals surface area (Å²) in [5, 5.41) is 9.03. The zero-order valence-corrected chi connectivity index (χ0v) is 15.0. The molecule has 0 aliphatic carbocycles. The summed E-state index contributed by atoms with van der Waals surface area (Å²) < 4.78 is 39.2. The van der Waals surface area contributed by atoms with E-state index in [1.54, 1.807) is 4.90 Å². The van der Waals surface area contributed by atoms with E-state index in [0.29, 0.717) is 18.7 Å². The van der Waals surface area contributed by atoms with E-state index in [-0.39, 0.29) is 11.5 Å². The average molecular weight is 386 g/mol. The molecule has 1 aliphatic rings. The molecular weight excluding hydrogens is 365 g/mol. The minimum atomic E-state index is -4.70. The van der Waals surface area contributed by atoms with E-state index in [9.17, 15) is 27.6 Å². The Kier molecular flexibility index (Phi) is 6.12. The lowest BCUT2D eigenvalue weighted by Gasteiger charge is -2.19. The Balaban J connectivity index is 2.16. The van der Waals surface area contributed by atoms with Crippen LogP contribution in [0.1, 0.15) is 34.6 Å². The number of rotatable bonds is 5. The predicted molar refractivity (Wildman–Crippen MR) is 90.3 cm³/mol. The smallest absolute Gasteiger partial charge is 0.394 e. The molecule has 1 aromatic carbocycles. The highest BCUT2D eigenvalue weighted by atomic mass is 19.4. The van der Waals surface area contributed by atoms with Crippen molar-refractivity contribution in [3.63, 3.8) is 0 Å². The van der Waals surface area contributed by atoms with Gasteiger partial charge in [0.1, 0.15) is 0 Å². The second kappa shape index (κ2) is 7.98. The fourth-order valence-corrected chi connectivity index (χ4v) is 3.18. The molecule has 0 unspecified atom stereocenters. The van der Waals surface area contributed by atoms with Gasteiger partial charge < -0.3 is 14.9 Å². The van der Waals surface area contributed by atoms with E-state index in [4.69, 9.17) is 5.11 Å². The minimum absolute atomic E-state index is 0.109. The van der Waals surface area contributed by atoms with Crippen LogP contribution in [0, 0.1) is 11.8 Å². The minimum Gasteiger partial charge on any atom is -0.481 e. The van der Waals surface area contributed by atoms with Crippen molar-refractivity contribution < 1.29 is 32.7 Å². The molecule has 0 aromatic heterocycles. The fraction of sp³-hybridized carbons (Fsp3) is 0.500. The molecule has 9 heteroatoms. The number of nitrogens with zero attached hydrogens (tertiary/aromatic N) is 2. The second-order valence-corrected chi connectivity index (χ2v) is 6.36. The monoisotopic (exact) mass is 386 g/mol. The summed E-state index contributed by atoms with van der Waals surface area (Å²) in [6, 6.07) is 5.63. The Morgan fingerprint density at radius 3 is 2.00 bits per heavy atom. The Hall–Kier alpha value is -2.58. The molecule has 0 spiro atoms. The molecule has 0 radical (unpaired) electrons. The van der Waals surface area contributed by atoms with Crippen LogP contribution in [-0.4, -0.2) is 65.0 Å². The average Bonchev–Trinajstić information content (AvgIpc) is 3.08. The van der Waals surface area contributed by atoms with E-state index in [2.05, 4.69) is 0 Å². The molecule has 0 saturated carbocycles. The Morgan fingerprint density at radius 1 is 1.07 bits per heavy atom. The number of aliphatic carboxylic acids is 1. The van der Waals surface area contributed by atoms with E-state index in [1.807, 2.05) is 13.8 Å². The van der Waals surface area contributed by atoms with Gasteiger partial charge in [-0.3, -0.25) is 14.4 Å². The molecule has 1 aliphatic heterocycles. The molecule has 1 aromatic rings. The van der Waals surface area contributed by atoms with Crippen molar-refractivity contribution in [1.29, 1.82) is 0 Å². The summed E-state index contributed by atoms with van der Waals surface area (Å²) in [4.78, 5) is 38.4. The lowest BCUT2D eigenvalue weighted by molar-refractivity contribution is -0.187. The number of alkyl halides is 3. The molecule has 27 heavy (non-hydrogen) atoms. The highest BCUT2D eigenvalue weighted by Gasteiger charge is 2.53. The van der Waals surface area contributed by atoms with Crippen LogP contribution in [0.2, 0.25) is 0 Å². The van der Waals surface area contributed by atoms with Crippen LogP contribution in [0.5, 0.6) is 0 Å². The lowest BCUT2D eigenvalue weighted by Crippen LogP contribution is -2.34. The lowest BCUT2D eigenvalue weighted by atomic mass is 9.96. The van der Waals surface area contributed by atoms with Gasteiger partial charge in [-0.15, -0.1) is 0 Å². The Morgan fingerprint density at radius 2 is 1.59 bits per heavy atom. The van der Waals surface area contributed by atoms with E-state index >= 15 is 0 Å². The summed E-state index contributed by atoms with van der Waals surface area (Å²) in [7, 11) is 0. The first-order valence-corrected chi connectivity index (χ1v) is 8.58. The summed E-state index contributed by atoms with van der Waals surface area (Å²) in [6.07, 6.45) is -4.70. The summed E-state index contributed by atoms with van der Waals surface area (Å²) >= 11 is 0. The maximum atomic E-state index is 13.1. The number of carboxylic acids is 1. The standard InChI is InChI=1S/C18H21F3N2O4/c1-3-22(4-2)15(24)11-5-7-12(8-6-11)16(25)23-9-13(17(26)27)14(10-23)18(19,20)21/h5-8,13-14H,3-4,9-10H2,1-2H3,(H,26,27)/t13-,14-/m1/s1. The Bertz CT molecular complexity index is 714. The molecule has 148 valence electrons. The van der Waals surface area contributed by atoms with Crippen LogP contribution >= 0.6 is 0 Å². The summed E-state index contributed by atoms with van der Waals surface area (Å²) in [6.45, 7) is 3.53. The van der Waals surface area contributed by atoms with Crippen LogP contribution in [0.25, 0.3) is 0 Å². The number of carboxylic acid groups (broad SMARTS) is 1. The molecular formula is C18H21F3N2O4. The second-order valence-electron chi connectivity index (χ2n) is 6.36. The third-order valence-corrected chi connectivity index (χ3v) is 4.77. The third-order valence-electron chi connectivity index (χ3n) is 4.77. The zero-order chi connectivity index (χ0) is 20.4. The first kappa shape index (κ1) is 20.7. The van der Waals surface area contributed by atoms with Crippen LogP contribution in [0.15, 0.2) is 24.3 Å². The normalized spacial score (nSPS) is 19.8. The molecule has 1 fully saturated rings. The predicted octanol–water partition coefficient (Wildman–Crippen LogP) is 2.50. The first-order chi connectivity index (χ1) is 12.6. The van der Waals surface area contributed by atoms with Crippen LogP contribution in [-0.2, 0) is 4.79 Å². The van der Waals surface area contributed by atoms with Crippen LogP contribution in [0.4, 0.5) is 13.2 Å². The highest BCUT2D eigenvalue weighted by molar-refractivity contribution is 5.98. The maximum Gasteiger partial charge on any atom is 0.394 e. The van der Waals surface area contributed by atoms with Gasteiger partial charge in [0.25, 0.3) is 11.8 Å².